The van der Waals surface area contributed by atoms with Crippen molar-refractivity contribution in [1.82, 2.24) is 9.80 Å². The Morgan fingerprint density at radius 2 is 1.87 bits per heavy atom. The van der Waals surface area contributed by atoms with Crippen LogP contribution in [0.1, 0.15) is 46.0 Å². The van der Waals surface area contributed by atoms with E-state index < -0.39 is 0 Å². The molecule has 0 aromatic rings. The van der Waals surface area contributed by atoms with E-state index in [-0.39, 0.29) is 0 Å². The van der Waals surface area contributed by atoms with Gasteiger partial charge in [0.2, 0.25) is 0 Å². The van der Waals surface area contributed by atoms with E-state index in [0.29, 0.717) is 5.54 Å². The fourth-order valence-corrected chi connectivity index (χ4v) is 3.05. The monoisotopic (exact) mass is 210 g/mol. The molecule has 15 heavy (non-hydrogen) atoms. The Labute approximate surface area is 94.6 Å². The summed E-state index contributed by atoms with van der Waals surface area (Å²) >= 11 is 0. The second-order valence-electron chi connectivity index (χ2n) is 5.80. The molecule has 2 saturated heterocycles. The third-order valence-corrected chi connectivity index (χ3v) is 4.87. The van der Waals surface area contributed by atoms with E-state index >= 15 is 0 Å². The van der Waals surface area contributed by atoms with E-state index in [1.165, 1.54) is 38.6 Å². The molecular formula is C13H26N2. The highest BCUT2D eigenvalue weighted by atomic mass is 15.3. The maximum atomic E-state index is 2.56. The van der Waals surface area contributed by atoms with Crippen LogP contribution in [0.5, 0.6) is 0 Å². The van der Waals surface area contributed by atoms with Crippen LogP contribution in [0.25, 0.3) is 0 Å². The minimum atomic E-state index is 0.528. The van der Waals surface area contributed by atoms with Gasteiger partial charge in [0.15, 0.2) is 0 Å². The summed E-state index contributed by atoms with van der Waals surface area (Å²) in [5.41, 5.74) is 0.528. The zero-order valence-corrected chi connectivity index (χ0v) is 10.8. The molecule has 2 heteroatoms. The Kier molecular flexibility index (Phi) is 3.09. The lowest BCUT2D eigenvalue weighted by molar-refractivity contribution is 0.0179. The fourth-order valence-electron chi connectivity index (χ4n) is 3.05. The Morgan fingerprint density at radius 1 is 1.20 bits per heavy atom. The Bertz CT molecular complexity index is 229. The zero-order chi connectivity index (χ0) is 11.1. The minimum Gasteiger partial charge on any atom is -0.301 e. The molecule has 0 N–H and O–H groups in total. The molecule has 0 aromatic carbocycles. The first-order valence-electron chi connectivity index (χ1n) is 6.51. The van der Waals surface area contributed by atoms with Gasteiger partial charge in [-0.15, -0.1) is 0 Å². The van der Waals surface area contributed by atoms with Crippen molar-refractivity contribution in [2.75, 3.05) is 20.6 Å². The highest BCUT2D eigenvalue weighted by molar-refractivity contribution is 5.02. The smallest absolute Gasteiger partial charge is 0.0252 e. The number of nitrogens with zero attached hydrogens (tertiary/aromatic N) is 2. The lowest BCUT2D eigenvalue weighted by Crippen LogP contribution is -2.55. The molecule has 2 aliphatic heterocycles. The number of likely N-dealkylation sites (N-methyl/N-ethyl adjacent to an activating group) is 1. The largest absolute Gasteiger partial charge is 0.301 e. The summed E-state index contributed by atoms with van der Waals surface area (Å²) in [4.78, 5) is 5.08. The van der Waals surface area contributed by atoms with Crippen molar-refractivity contribution in [3.8, 4) is 0 Å². The SMILES string of the molecule is CCCC1C(CCC2(C)CCN2C)N1C. The van der Waals surface area contributed by atoms with Crippen LogP contribution in [0.15, 0.2) is 0 Å². The first kappa shape index (κ1) is 11.4. The molecule has 0 aliphatic carbocycles. The van der Waals surface area contributed by atoms with Crippen LogP contribution in [0.2, 0.25) is 0 Å². The first-order chi connectivity index (χ1) is 7.08. The third-order valence-electron chi connectivity index (χ3n) is 4.87. The average Bonchev–Trinajstić information content (AvgIpc) is 2.84. The molecule has 0 aromatic heterocycles. The molecule has 0 bridgehead atoms. The van der Waals surface area contributed by atoms with E-state index in [1.807, 2.05) is 0 Å². The quantitative estimate of drug-likeness (QED) is 0.643. The van der Waals surface area contributed by atoms with Gasteiger partial charge >= 0.3 is 0 Å². The summed E-state index contributed by atoms with van der Waals surface area (Å²) in [6.07, 6.45) is 6.93. The summed E-state index contributed by atoms with van der Waals surface area (Å²) in [5.74, 6) is 0. The topological polar surface area (TPSA) is 6.25 Å². The van der Waals surface area contributed by atoms with Gasteiger partial charge in [0.1, 0.15) is 0 Å². The molecule has 0 amide bonds. The molecule has 2 heterocycles. The van der Waals surface area contributed by atoms with Gasteiger partial charge in [-0.25, -0.2) is 0 Å². The van der Waals surface area contributed by atoms with Crippen molar-refractivity contribution in [2.24, 2.45) is 0 Å². The lowest BCUT2D eigenvalue weighted by Gasteiger charge is -2.49. The second kappa shape index (κ2) is 4.06. The van der Waals surface area contributed by atoms with Gasteiger partial charge in [-0.05, 0) is 46.7 Å². The number of likely N-dealkylation sites (tertiary alicyclic amines) is 1. The molecule has 2 nitrogen and oxygen atoms in total. The molecule has 0 radical (unpaired) electrons. The predicted molar refractivity (Wildman–Crippen MR) is 65.1 cm³/mol. The normalized spacial score (nSPS) is 45.2. The standard InChI is InChI=1S/C13H26N2/c1-5-6-11-12(15(11)4)7-8-13(2)9-10-14(13)3/h11-12H,5-10H2,1-4H3. The van der Waals surface area contributed by atoms with Crippen LogP contribution < -0.4 is 0 Å². The van der Waals surface area contributed by atoms with E-state index in [2.05, 4.69) is 37.7 Å². The van der Waals surface area contributed by atoms with Crippen LogP contribution in [-0.2, 0) is 0 Å². The maximum Gasteiger partial charge on any atom is 0.0252 e. The minimum absolute atomic E-state index is 0.528. The molecule has 88 valence electrons. The van der Waals surface area contributed by atoms with Gasteiger partial charge in [0.25, 0.3) is 0 Å². The second-order valence-corrected chi connectivity index (χ2v) is 5.80. The lowest BCUT2D eigenvalue weighted by atomic mass is 9.82. The first-order valence-corrected chi connectivity index (χ1v) is 6.51. The predicted octanol–water partition coefficient (Wildman–Crippen LogP) is 2.34. The number of rotatable bonds is 5. The van der Waals surface area contributed by atoms with E-state index in [1.54, 1.807) is 0 Å². The fraction of sp³-hybridized carbons (Fsp3) is 1.00. The van der Waals surface area contributed by atoms with Crippen LogP contribution in [0.3, 0.4) is 0 Å². The van der Waals surface area contributed by atoms with Crippen molar-refractivity contribution < 1.29 is 0 Å². The summed E-state index contributed by atoms with van der Waals surface area (Å²) in [6.45, 7) is 6.02. The zero-order valence-electron chi connectivity index (χ0n) is 10.8. The van der Waals surface area contributed by atoms with Crippen LogP contribution >= 0.6 is 0 Å². The van der Waals surface area contributed by atoms with Crippen LogP contribution in [0.4, 0.5) is 0 Å². The molecule has 0 saturated carbocycles. The van der Waals surface area contributed by atoms with Crippen molar-refractivity contribution in [3.05, 3.63) is 0 Å². The van der Waals surface area contributed by atoms with E-state index in [0.717, 1.165) is 12.1 Å². The van der Waals surface area contributed by atoms with Crippen molar-refractivity contribution >= 4 is 0 Å². The molecule has 0 spiro atoms. The molecular weight excluding hydrogens is 184 g/mol. The Hall–Kier alpha value is -0.0800. The molecule has 4 unspecified atom stereocenters. The molecule has 2 rings (SSSR count). The third kappa shape index (κ3) is 2.07. The molecule has 2 aliphatic rings. The van der Waals surface area contributed by atoms with Gasteiger partial charge in [-0.1, -0.05) is 13.3 Å². The van der Waals surface area contributed by atoms with Crippen molar-refractivity contribution in [3.63, 3.8) is 0 Å². The molecule has 4 atom stereocenters. The Balaban J connectivity index is 1.71. The van der Waals surface area contributed by atoms with E-state index in [9.17, 15) is 0 Å². The summed E-state index contributed by atoms with van der Waals surface area (Å²) < 4.78 is 0. The summed E-state index contributed by atoms with van der Waals surface area (Å²) in [7, 11) is 4.56. The summed E-state index contributed by atoms with van der Waals surface area (Å²) in [5, 5.41) is 0. The van der Waals surface area contributed by atoms with Gasteiger partial charge < -0.3 is 4.90 Å². The average molecular weight is 210 g/mol. The number of hydrogen-bond donors (Lipinski definition) is 0. The highest BCUT2D eigenvalue weighted by Crippen LogP contribution is 2.39. The van der Waals surface area contributed by atoms with Gasteiger partial charge in [-0.2, -0.15) is 0 Å². The number of hydrogen-bond acceptors (Lipinski definition) is 2. The Morgan fingerprint density at radius 3 is 2.33 bits per heavy atom. The highest BCUT2D eigenvalue weighted by Gasteiger charge is 2.45. The van der Waals surface area contributed by atoms with Gasteiger partial charge in [0.05, 0.1) is 0 Å². The van der Waals surface area contributed by atoms with Gasteiger partial charge in [-0.3, -0.25) is 4.90 Å². The summed E-state index contributed by atoms with van der Waals surface area (Å²) in [6, 6.07) is 1.81. The van der Waals surface area contributed by atoms with Crippen molar-refractivity contribution in [2.45, 2.75) is 63.6 Å². The van der Waals surface area contributed by atoms with E-state index in [4.69, 9.17) is 0 Å². The van der Waals surface area contributed by atoms with Crippen LogP contribution in [0, 0.1) is 0 Å². The van der Waals surface area contributed by atoms with Crippen LogP contribution in [-0.4, -0.2) is 48.1 Å². The van der Waals surface area contributed by atoms with Crippen molar-refractivity contribution in [1.29, 1.82) is 0 Å². The van der Waals surface area contributed by atoms with Gasteiger partial charge in [0, 0.05) is 24.2 Å². The maximum absolute atomic E-state index is 2.56. The molecule has 2 fully saturated rings.